The number of nitrogens with one attached hydrogen (secondary N) is 2. The molecule has 0 radical (unpaired) electrons. The van der Waals surface area contributed by atoms with E-state index in [-0.39, 0.29) is 6.04 Å². The van der Waals surface area contributed by atoms with Gasteiger partial charge in [0.1, 0.15) is 0 Å². The van der Waals surface area contributed by atoms with E-state index < -0.39 is 0 Å². The van der Waals surface area contributed by atoms with E-state index in [1.165, 1.54) is 11.8 Å². The molecule has 2 N–H and O–H groups in total. The van der Waals surface area contributed by atoms with E-state index >= 15 is 0 Å². The average Bonchev–Trinajstić information content (AvgIpc) is 2.88. The van der Waals surface area contributed by atoms with Crippen LogP contribution in [0.1, 0.15) is 20.8 Å². The van der Waals surface area contributed by atoms with Crippen molar-refractivity contribution >= 4 is 45.2 Å². The van der Waals surface area contributed by atoms with Crippen LogP contribution < -0.4 is 10.6 Å². The van der Waals surface area contributed by atoms with E-state index in [0.29, 0.717) is 17.1 Å². The Kier molecular flexibility index (Phi) is 4.92. The standard InChI is InChI=1S/C15H18N6S2/c1-4-16-12-19-13(17-9(2)3)21-14(20-12)23-15-18-10-7-5-6-8-11(10)22-15/h5-9H,4H2,1-3H3,(H2,16,17,19,20,21). The van der Waals surface area contributed by atoms with Crippen molar-refractivity contribution in [1.82, 2.24) is 19.9 Å². The van der Waals surface area contributed by atoms with E-state index in [1.807, 2.05) is 25.1 Å². The first-order valence-electron chi connectivity index (χ1n) is 7.44. The van der Waals surface area contributed by atoms with E-state index in [2.05, 4.69) is 50.5 Å². The van der Waals surface area contributed by atoms with Crippen LogP contribution in [0, 0.1) is 0 Å². The molecule has 8 heteroatoms. The zero-order valence-electron chi connectivity index (χ0n) is 13.2. The summed E-state index contributed by atoms with van der Waals surface area (Å²) < 4.78 is 2.09. The summed E-state index contributed by atoms with van der Waals surface area (Å²) in [6.45, 7) is 6.88. The second kappa shape index (κ2) is 7.10. The Morgan fingerprint density at radius 2 is 1.87 bits per heavy atom. The van der Waals surface area contributed by atoms with Gasteiger partial charge < -0.3 is 10.6 Å². The molecule has 1 aromatic carbocycles. The Morgan fingerprint density at radius 3 is 2.61 bits per heavy atom. The first-order chi connectivity index (χ1) is 11.1. The molecule has 2 heterocycles. The first kappa shape index (κ1) is 15.9. The van der Waals surface area contributed by atoms with Crippen LogP contribution in [0.4, 0.5) is 11.9 Å². The predicted octanol–water partition coefficient (Wildman–Crippen LogP) is 3.88. The number of hydrogen-bond donors (Lipinski definition) is 2. The highest BCUT2D eigenvalue weighted by Crippen LogP contribution is 2.33. The number of nitrogens with zero attached hydrogens (tertiary/aromatic N) is 4. The van der Waals surface area contributed by atoms with Gasteiger partial charge in [-0.25, -0.2) is 4.98 Å². The highest BCUT2D eigenvalue weighted by Gasteiger charge is 2.11. The van der Waals surface area contributed by atoms with Gasteiger partial charge in [0.15, 0.2) is 4.34 Å². The van der Waals surface area contributed by atoms with Crippen LogP contribution in [-0.4, -0.2) is 32.5 Å². The van der Waals surface area contributed by atoms with Gasteiger partial charge in [0.25, 0.3) is 0 Å². The van der Waals surface area contributed by atoms with Crippen molar-refractivity contribution in [1.29, 1.82) is 0 Å². The Labute approximate surface area is 143 Å². The third kappa shape index (κ3) is 4.08. The fraction of sp³-hybridized carbons (Fsp3) is 0.333. The molecule has 3 aromatic rings. The van der Waals surface area contributed by atoms with Crippen LogP contribution in [0.15, 0.2) is 33.8 Å². The summed E-state index contributed by atoms with van der Waals surface area (Å²) in [5, 5.41) is 7.00. The average molecular weight is 346 g/mol. The Morgan fingerprint density at radius 1 is 1.09 bits per heavy atom. The van der Waals surface area contributed by atoms with Crippen LogP contribution in [0.25, 0.3) is 10.2 Å². The first-order valence-corrected chi connectivity index (χ1v) is 9.07. The highest BCUT2D eigenvalue weighted by atomic mass is 32.2. The summed E-state index contributed by atoms with van der Waals surface area (Å²) in [4.78, 5) is 17.9. The van der Waals surface area contributed by atoms with E-state index in [1.54, 1.807) is 11.3 Å². The molecule has 0 saturated carbocycles. The fourth-order valence-corrected chi connectivity index (χ4v) is 3.86. The van der Waals surface area contributed by atoms with Gasteiger partial charge in [0, 0.05) is 12.6 Å². The Hall–Kier alpha value is -1.93. The van der Waals surface area contributed by atoms with Gasteiger partial charge in [-0.15, -0.1) is 11.3 Å². The maximum atomic E-state index is 4.61. The quantitative estimate of drug-likeness (QED) is 0.701. The number of thiazole rings is 1. The molecule has 0 atom stereocenters. The molecule has 23 heavy (non-hydrogen) atoms. The maximum absolute atomic E-state index is 4.61. The summed E-state index contributed by atoms with van der Waals surface area (Å²) >= 11 is 3.10. The minimum atomic E-state index is 0.257. The largest absolute Gasteiger partial charge is 0.354 e. The molecule has 0 unspecified atom stereocenters. The summed E-state index contributed by atoms with van der Waals surface area (Å²) in [7, 11) is 0. The van der Waals surface area contributed by atoms with Gasteiger partial charge in [-0.2, -0.15) is 15.0 Å². The number of benzene rings is 1. The fourth-order valence-electron chi connectivity index (χ4n) is 1.93. The number of fused-ring (bicyclic) bond motifs is 1. The molecule has 0 bridgehead atoms. The Bertz CT molecular complexity index is 769. The zero-order chi connectivity index (χ0) is 16.2. The third-order valence-corrected chi connectivity index (χ3v) is 4.78. The van der Waals surface area contributed by atoms with Crippen molar-refractivity contribution in [3.63, 3.8) is 0 Å². The van der Waals surface area contributed by atoms with E-state index in [0.717, 1.165) is 21.1 Å². The second-order valence-corrected chi connectivity index (χ2v) is 7.39. The molecular formula is C15H18N6S2. The predicted molar refractivity (Wildman–Crippen MR) is 96.5 cm³/mol. The lowest BCUT2D eigenvalue weighted by atomic mass is 10.3. The molecule has 0 aliphatic rings. The molecule has 120 valence electrons. The molecule has 2 aromatic heterocycles. The summed E-state index contributed by atoms with van der Waals surface area (Å²) in [6.07, 6.45) is 0. The van der Waals surface area contributed by atoms with Crippen molar-refractivity contribution in [3.8, 4) is 0 Å². The van der Waals surface area contributed by atoms with E-state index in [4.69, 9.17) is 0 Å². The summed E-state index contributed by atoms with van der Waals surface area (Å²) in [5.74, 6) is 1.16. The van der Waals surface area contributed by atoms with Crippen molar-refractivity contribution < 1.29 is 0 Å². The van der Waals surface area contributed by atoms with Gasteiger partial charge in [0.2, 0.25) is 17.1 Å². The molecule has 0 spiro atoms. The van der Waals surface area contributed by atoms with Gasteiger partial charge in [-0.1, -0.05) is 12.1 Å². The SMILES string of the molecule is CCNc1nc(NC(C)C)nc(Sc2nc3ccccc3s2)n1. The zero-order valence-corrected chi connectivity index (χ0v) is 14.8. The molecule has 3 rings (SSSR count). The number of anilines is 2. The number of hydrogen-bond acceptors (Lipinski definition) is 8. The monoisotopic (exact) mass is 346 g/mol. The van der Waals surface area contributed by atoms with Crippen LogP contribution in [-0.2, 0) is 0 Å². The van der Waals surface area contributed by atoms with Crippen molar-refractivity contribution in [3.05, 3.63) is 24.3 Å². The summed E-state index contributed by atoms with van der Waals surface area (Å²) in [5.41, 5.74) is 1.00. The van der Waals surface area contributed by atoms with Gasteiger partial charge in [0.05, 0.1) is 10.2 Å². The lowest BCUT2D eigenvalue weighted by Gasteiger charge is -2.10. The molecule has 6 nitrogen and oxygen atoms in total. The molecule has 0 saturated heterocycles. The molecule has 0 amide bonds. The lowest BCUT2D eigenvalue weighted by Crippen LogP contribution is -2.15. The maximum Gasteiger partial charge on any atom is 0.228 e. The van der Waals surface area contributed by atoms with Crippen LogP contribution in [0.3, 0.4) is 0 Å². The van der Waals surface area contributed by atoms with Crippen LogP contribution in [0.2, 0.25) is 0 Å². The number of para-hydroxylation sites is 1. The van der Waals surface area contributed by atoms with Crippen LogP contribution in [0.5, 0.6) is 0 Å². The smallest absolute Gasteiger partial charge is 0.228 e. The van der Waals surface area contributed by atoms with Crippen molar-refractivity contribution in [2.45, 2.75) is 36.3 Å². The molecule has 0 fully saturated rings. The molecular weight excluding hydrogens is 328 g/mol. The topological polar surface area (TPSA) is 75.6 Å². The lowest BCUT2D eigenvalue weighted by molar-refractivity contribution is 0.835. The normalized spacial score (nSPS) is 11.1. The molecule has 0 aliphatic carbocycles. The van der Waals surface area contributed by atoms with Crippen molar-refractivity contribution in [2.75, 3.05) is 17.2 Å². The second-order valence-electron chi connectivity index (χ2n) is 5.14. The summed E-state index contributed by atoms with van der Waals surface area (Å²) in [6, 6.07) is 8.35. The highest BCUT2D eigenvalue weighted by molar-refractivity contribution is 8.01. The van der Waals surface area contributed by atoms with Gasteiger partial charge in [-0.05, 0) is 44.7 Å². The Balaban J connectivity index is 1.89. The van der Waals surface area contributed by atoms with Crippen molar-refractivity contribution in [2.24, 2.45) is 0 Å². The molecule has 0 aliphatic heterocycles. The van der Waals surface area contributed by atoms with Gasteiger partial charge >= 0.3 is 0 Å². The number of rotatable bonds is 6. The minimum absolute atomic E-state index is 0.257. The minimum Gasteiger partial charge on any atom is -0.354 e. The van der Waals surface area contributed by atoms with Gasteiger partial charge in [-0.3, -0.25) is 0 Å². The van der Waals surface area contributed by atoms with Crippen LogP contribution >= 0.6 is 23.1 Å². The number of aromatic nitrogens is 4. The third-order valence-electron chi connectivity index (χ3n) is 2.82. The van der Waals surface area contributed by atoms with E-state index in [9.17, 15) is 0 Å².